The van der Waals surface area contributed by atoms with Gasteiger partial charge in [-0.25, -0.2) is 8.42 Å². The van der Waals surface area contributed by atoms with Crippen molar-refractivity contribution in [3.63, 3.8) is 0 Å². The molecule has 2 N–H and O–H groups in total. The van der Waals surface area contributed by atoms with Gasteiger partial charge in [-0.1, -0.05) is 6.07 Å². The Balaban J connectivity index is 1.88. The fraction of sp³-hybridized carbons (Fsp3) is 0.235. The second kappa shape index (κ2) is 9.40. The molecule has 0 aliphatic carbocycles. The number of esters is 1. The molecule has 0 radical (unpaired) electrons. The second-order valence-electron chi connectivity index (χ2n) is 5.37. The first-order valence-corrected chi connectivity index (χ1v) is 10.2. The summed E-state index contributed by atoms with van der Waals surface area (Å²) in [6, 6.07) is 8.92. The van der Waals surface area contributed by atoms with Crippen LogP contribution in [-0.4, -0.2) is 39.7 Å². The number of ether oxygens (including phenoxy) is 1. The van der Waals surface area contributed by atoms with Crippen molar-refractivity contribution in [3.05, 3.63) is 46.7 Å². The topological polar surface area (TPSA) is 119 Å². The number of rotatable bonds is 9. The number of Topliss-reactive ketones (excluding diaryl/α,β-unsaturated/α-hetero) is 1. The van der Waals surface area contributed by atoms with Crippen LogP contribution in [-0.2, 0) is 24.3 Å². The number of carbonyl (C=O) groups is 3. The molecule has 10 heteroatoms. The highest BCUT2D eigenvalue weighted by Gasteiger charge is 2.16. The number of methoxy groups -OCH3 is 1. The minimum Gasteiger partial charge on any atom is -0.468 e. The van der Waals surface area contributed by atoms with E-state index in [2.05, 4.69) is 14.8 Å². The molecule has 0 aliphatic rings. The van der Waals surface area contributed by atoms with Crippen molar-refractivity contribution in [1.29, 1.82) is 0 Å². The van der Waals surface area contributed by atoms with Crippen molar-refractivity contribution in [2.45, 2.75) is 17.7 Å². The zero-order valence-electron chi connectivity index (χ0n) is 14.4. The van der Waals surface area contributed by atoms with Crippen LogP contribution in [0.3, 0.4) is 0 Å². The van der Waals surface area contributed by atoms with Crippen molar-refractivity contribution in [2.75, 3.05) is 19.0 Å². The van der Waals surface area contributed by atoms with E-state index in [0.717, 1.165) is 7.11 Å². The molecule has 2 rings (SSSR count). The lowest BCUT2D eigenvalue weighted by atomic mass is 10.2. The van der Waals surface area contributed by atoms with Crippen molar-refractivity contribution < 1.29 is 27.5 Å². The van der Waals surface area contributed by atoms with E-state index in [-0.39, 0.29) is 29.4 Å². The predicted octanol–water partition coefficient (Wildman–Crippen LogP) is 1.80. The van der Waals surface area contributed by atoms with Crippen LogP contribution in [0.5, 0.6) is 0 Å². The molecule has 0 saturated carbocycles. The molecule has 0 saturated heterocycles. The second-order valence-corrected chi connectivity index (χ2v) is 8.09. The maximum atomic E-state index is 12.0. The molecule has 27 heavy (non-hydrogen) atoms. The zero-order valence-corrected chi connectivity index (χ0v) is 16.1. The van der Waals surface area contributed by atoms with Crippen LogP contribution in [0.1, 0.15) is 22.5 Å². The summed E-state index contributed by atoms with van der Waals surface area (Å²) in [4.78, 5) is 35.4. The lowest BCUT2D eigenvalue weighted by Gasteiger charge is -2.08. The predicted molar refractivity (Wildman–Crippen MR) is 100 cm³/mol. The Morgan fingerprint density at radius 3 is 2.37 bits per heavy atom. The summed E-state index contributed by atoms with van der Waals surface area (Å²) in [5.41, 5.74) is 0.399. The number of ketones is 1. The van der Waals surface area contributed by atoms with Crippen molar-refractivity contribution in [1.82, 2.24) is 4.72 Å². The highest BCUT2D eigenvalue weighted by atomic mass is 32.2. The Kier molecular flexibility index (Phi) is 7.22. The number of amides is 1. The van der Waals surface area contributed by atoms with E-state index in [1.54, 1.807) is 17.5 Å². The number of carbonyl (C=O) groups excluding carboxylic acids is 3. The average molecular weight is 410 g/mol. The van der Waals surface area contributed by atoms with Gasteiger partial charge in [0.1, 0.15) is 6.54 Å². The van der Waals surface area contributed by atoms with Crippen molar-refractivity contribution in [3.8, 4) is 0 Å². The van der Waals surface area contributed by atoms with Crippen LogP contribution in [0.2, 0.25) is 0 Å². The Morgan fingerprint density at radius 1 is 1.07 bits per heavy atom. The van der Waals surface area contributed by atoms with Crippen molar-refractivity contribution >= 4 is 44.7 Å². The standard InChI is InChI=1S/C17H18N2O6S2/c1-25-17(22)11-18-27(23,24)13-6-4-12(5-7-13)19-16(21)9-8-14(20)15-3-2-10-26-15/h2-7,10,18H,8-9,11H2,1H3,(H,19,21). The van der Waals surface area contributed by atoms with E-state index >= 15 is 0 Å². The summed E-state index contributed by atoms with van der Waals surface area (Å²) in [5.74, 6) is -1.16. The third kappa shape index (κ3) is 6.27. The summed E-state index contributed by atoms with van der Waals surface area (Å²) < 4.78 is 30.5. The molecule has 0 spiro atoms. The van der Waals surface area contributed by atoms with E-state index in [4.69, 9.17) is 0 Å². The van der Waals surface area contributed by atoms with Crippen molar-refractivity contribution in [2.24, 2.45) is 0 Å². The SMILES string of the molecule is COC(=O)CNS(=O)(=O)c1ccc(NC(=O)CCC(=O)c2cccs2)cc1. The van der Waals surface area contributed by atoms with Gasteiger partial charge in [0.25, 0.3) is 0 Å². The quantitative estimate of drug-likeness (QED) is 0.481. The van der Waals surface area contributed by atoms with E-state index in [1.165, 1.54) is 35.6 Å². The molecule has 0 aliphatic heterocycles. The van der Waals surface area contributed by atoms with Crippen LogP contribution in [0.4, 0.5) is 5.69 Å². The first kappa shape index (κ1) is 20.7. The smallest absolute Gasteiger partial charge is 0.320 e. The minimum absolute atomic E-state index is 0.0253. The third-order valence-corrected chi connectivity index (χ3v) is 5.79. The summed E-state index contributed by atoms with van der Waals surface area (Å²) in [7, 11) is -2.71. The molecule has 0 unspecified atom stereocenters. The molecule has 144 valence electrons. The third-order valence-electron chi connectivity index (χ3n) is 3.46. The Labute approximate surface area is 160 Å². The molecule has 1 aromatic heterocycles. The summed E-state index contributed by atoms with van der Waals surface area (Å²) in [6.07, 6.45) is 0.119. The van der Waals surface area contributed by atoms with Crippen LogP contribution in [0, 0.1) is 0 Å². The molecule has 0 bridgehead atoms. The molecule has 8 nitrogen and oxygen atoms in total. The highest BCUT2D eigenvalue weighted by Crippen LogP contribution is 2.16. The molecule has 0 fully saturated rings. The van der Waals surface area contributed by atoms with Gasteiger partial charge >= 0.3 is 5.97 Å². The summed E-state index contributed by atoms with van der Waals surface area (Å²) in [5, 5.41) is 4.40. The van der Waals surface area contributed by atoms with Gasteiger partial charge in [0, 0.05) is 18.5 Å². The van der Waals surface area contributed by atoms with E-state index in [9.17, 15) is 22.8 Å². The van der Waals surface area contributed by atoms with E-state index in [1.807, 2.05) is 0 Å². The fourth-order valence-electron chi connectivity index (χ4n) is 2.04. The molecule has 0 atom stereocenters. The molecular weight excluding hydrogens is 392 g/mol. The van der Waals surface area contributed by atoms with Gasteiger partial charge < -0.3 is 10.1 Å². The monoisotopic (exact) mass is 410 g/mol. The Morgan fingerprint density at radius 2 is 1.78 bits per heavy atom. The molecule has 1 heterocycles. The minimum atomic E-state index is -3.86. The average Bonchev–Trinajstić information content (AvgIpc) is 3.19. The molecular formula is C17H18N2O6S2. The Hall–Kier alpha value is -2.56. The zero-order chi connectivity index (χ0) is 19.9. The number of hydrogen-bond donors (Lipinski definition) is 2. The lowest BCUT2D eigenvalue weighted by Crippen LogP contribution is -2.30. The van der Waals surface area contributed by atoms with Crippen LogP contribution in [0.15, 0.2) is 46.7 Å². The van der Waals surface area contributed by atoms with E-state index in [0.29, 0.717) is 10.6 Å². The fourth-order valence-corrected chi connectivity index (χ4v) is 3.70. The maximum Gasteiger partial charge on any atom is 0.320 e. The summed E-state index contributed by atoms with van der Waals surface area (Å²) in [6.45, 7) is -0.477. The number of sulfonamides is 1. The number of benzene rings is 1. The number of thiophene rings is 1. The number of hydrogen-bond acceptors (Lipinski definition) is 7. The highest BCUT2D eigenvalue weighted by molar-refractivity contribution is 7.89. The van der Waals surface area contributed by atoms with Crippen LogP contribution >= 0.6 is 11.3 Å². The number of anilines is 1. The largest absolute Gasteiger partial charge is 0.468 e. The summed E-state index contributed by atoms with van der Waals surface area (Å²) >= 11 is 1.32. The van der Waals surface area contributed by atoms with Gasteiger partial charge in [-0.2, -0.15) is 4.72 Å². The van der Waals surface area contributed by atoms with Gasteiger partial charge in [0.15, 0.2) is 5.78 Å². The van der Waals surface area contributed by atoms with Gasteiger partial charge in [0.2, 0.25) is 15.9 Å². The first-order chi connectivity index (χ1) is 12.8. The first-order valence-electron chi connectivity index (χ1n) is 7.85. The van der Waals surface area contributed by atoms with Gasteiger partial charge in [-0.05, 0) is 35.7 Å². The maximum absolute atomic E-state index is 12.0. The van der Waals surface area contributed by atoms with Gasteiger partial charge in [-0.15, -0.1) is 11.3 Å². The molecule has 2 aromatic rings. The lowest BCUT2D eigenvalue weighted by molar-refractivity contribution is -0.139. The Bertz CT molecular complexity index is 905. The number of nitrogens with one attached hydrogen (secondary N) is 2. The van der Waals surface area contributed by atoms with Crippen LogP contribution in [0.25, 0.3) is 0 Å². The molecule has 1 aromatic carbocycles. The van der Waals surface area contributed by atoms with Gasteiger partial charge in [-0.3, -0.25) is 14.4 Å². The normalized spacial score (nSPS) is 11.0. The molecule has 1 amide bonds. The van der Waals surface area contributed by atoms with Crippen LogP contribution < -0.4 is 10.0 Å². The van der Waals surface area contributed by atoms with Gasteiger partial charge in [0.05, 0.1) is 16.9 Å². The van der Waals surface area contributed by atoms with E-state index < -0.39 is 22.5 Å².